The molecule has 2 aromatic rings. The summed E-state index contributed by atoms with van der Waals surface area (Å²) in [6.45, 7) is 4.60. The van der Waals surface area contributed by atoms with Crippen LogP contribution in [0.25, 0.3) is 10.9 Å². The Morgan fingerprint density at radius 2 is 2.30 bits per heavy atom. The van der Waals surface area contributed by atoms with Gasteiger partial charge in [-0.2, -0.15) is 0 Å². The van der Waals surface area contributed by atoms with Gasteiger partial charge in [-0.1, -0.05) is 0 Å². The summed E-state index contributed by atoms with van der Waals surface area (Å²) in [5, 5.41) is 4.06. The third-order valence-electron chi connectivity index (χ3n) is 3.89. The highest BCUT2D eigenvalue weighted by atomic mass is 16.5. The minimum Gasteiger partial charge on any atom is -0.472 e. The van der Waals surface area contributed by atoms with Gasteiger partial charge >= 0.3 is 0 Å². The van der Waals surface area contributed by atoms with Gasteiger partial charge in [0.05, 0.1) is 17.5 Å². The molecule has 2 aromatic heterocycles. The van der Waals surface area contributed by atoms with Crippen LogP contribution < -0.4 is 10.1 Å². The first kappa shape index (κ1) is 15.9. The predicted molar refractivity (Wildman–Crippen MR) is 88.8 cm³/mol. The molecular weight excluding hydrogens is 294 g/mol. The molecule has 1 aliphatic rings. The van der Waals surface area contributed by atoms with Gasteiger partial charge in [-0.15, -0.1) is 0 Å². The van der Waals surface area contributed by atoms with Crippen molar-refractivity contribution in [2.75, 3.05) is 39.2 Å². The van der Waals surface area contributed by atoms with Crippen LogP contribution in [0, 0.1) is 0 Å². The van der Waals surface area contributed by atoms with Gasteiger partial charge in [-0.3, -0.25) is 0 Å². The van der Waals surface area contributed by atoms with Crippen molar-refractivity contribution in [3.63, 3.8) is 0 Å². The van der Waals surface area contributed by atoms with E-state index in [2.05, 4.69) is 32.2 Å². The quantitative estimate of drug-likeness (QED) is 0.866. The lowest BCUT2D eigenvalue weighted by molar-refractivity contribution is 0.190. The molecule has 3 heterocycles. The fourth-order valence-corrected chi connectivity index (χ4v) is 2.76. The van der Waals surface area contributed by atoms with E-state index in [9.17, 15) is 0 Å². The maximum Gasteiger partial charge on any atom is 0.224 e. The van der Waals surface area contributed by atoms with Crippen molar-refractivity contribution >= 4 is 16.9 Å². The fourth-order valence-electron chi connectivity index (χ4n) is 2.76. The van der Waals surface area contributed by atoms with Crippen molar-refractivity contribution in [1.82, 2.24) is 19.9 Å². The SMILES string of the molecule is COCC(C)Nc1ncc2c(OC3CCN(C)C3)nccc2n1. The summed E-state index contributed by atoms with van der Waals surface area (Å²) in [5.74, 6) is 1.19. The lowest BCUT2D eigenvalue weighted by atomic mass is 10.3. The number of nitrogens with one attached hydrogen (secondary N) is 1. The summed E-state index contributed by atoms with van der Waals surface area (Å²) in [5.41, 5.74) is 0.823. The summed E-state index contributed by atoms with van der Waals surface area (Å²) < 4.78 is 11.2. The number of likely N-dealkylation sites (N-methyl/N-ethyl adjacent to an activating group) is 1. The van der Waals surface area contributed by atoms with Crippen LogP contribution in [0.15, 0.2) is 18.5 Å². The molecular formula is C16H23N5O2. The normalized spacial score (nSPS) is 19.9. The van der Waals surface area contributed by atoms with Crippen molar-refractivity contribution in [2.45, 2.75) is 25.5 Å². The highest BCUT2D eigenvalue weighted by molar-refractivity contribution is 5.83. The van der Waals surface area contributed by atoms with Crippen molar-refractivity contribution in [1.29, 1.82) is 0 Å². The van der Waals surface area contributed by atoms with Gasteiger partial charge < -0.3 is 19.7 Å². The third-order valence-corrected chi connectivity index (χ3v) is 3.89. The smallest absolute Gasteiger partial charge is 0.224 e. The zero-order chi connectivity index (χ0) is 16.2. The van der Waals surface area contributed by atoms with Crippen molar-refractivity contribution in [2.24, 2.45) is 0 Å². The molecule has 23 heavy (non-hydrogen) atoms. The standard InChI is InChI=1S/C16H23N5O2/c1-11(10-22-3)19-16-18-8-13-14(20-16)4-6-17-15(13)23-12-5-7-21(2)9-12/h4,6,8,11-12H,5,7,9-10H2,1-3H3,(H,18,19,20). The zero-order valence-corrected chi connectivity index (χ0v) is 13.8. The highest BCUT2D eigenvalue weighted by Gasteiger charge is 2.22. The van der Waals surface area contributed by atoms with E-state index in [0.29, 0.717) is 18.4 Å². The molecule has 0 spiro atoms. The second-order valence-electron chi connectivity index (χ2n) is 6.03. The summed E-state index contributed by atoms with van der Waals surface area (Å²) in [6.07, 6.45) is 4.69. The third kappa shape index (κ3) is 3.86. The van der Waals surface area contributed by atoms with Gasteiger partial charge in [0.1, 0.15) is 6.10 Å². The average molecular weight is 317 g/mol. The summed E-state index contributed by atoms with van der Waals surface area (Å²) >= 11 is 0. The van der Waals surface area contributed by atoms with Crippen molar-refractivity contribution < 1.29 is 9.47 Å². The number of ether oxygens (including phenoxy) is 2. The van der Waals surface area contributed by atoms with Crippen LogP contribution in [0.3, 0.4) is 0 Å². The summed E-state index contributed by atoms with van der Waals surface area (Å²) in [6, 6.07) is 2.01. The van der Waals surface area contributed by atoms with Crippen LogP contribution in [-0.2, 0) is 4.74 Å². The van der Waals surface area contributed by atoms with E-state index in [1.54, 1.807) is 19.5 Å². The molecule has 0 aromatic carbocycles. The molecule has 124 valence electrons. The fraction of sp³-hybridized carbons (Fsp3) is 0.562. The van der Waals surface area contributed by atoms with E-state index in [4.69, 9.17) is 9.47 Å². The molecule has 0 aliphatic carbocycles. The van der Waals surface area contributed by atoms with E-state index in [1.807, 2.05) is 13.0 Å². The molecule has 7 heteroatoms. The van der Waals surface area contributed by atoms with Gasteiger partial charge in [0.15, 0.2) is 0 Å². The van der Waals surface area contributed by atoms with E-state index in [0.717, 1.165) is 30.4 Å². The maximum atomic E-state index is 6.05. The van der Waals surface area contributed by atoms with Crippen LogP contribution in [-0.4, -0.2) is 65.9 Å². The van der Waals surface area contributed by atoms with Crippen LogP contribution in [0.4, 0.5) is 5.95 Å². The largest absolute Gasteiger partial charge is 0.472 e. The molecule has 1 fully saturated rings. The Morgan fingerprint density at radius 1 is 1.43 bits per heavy atom. The van der Waals surface area contributed by atoms with Gasteiger partial charge in [0.2, 0.25) is 11.8 Å². The molecule has 2 unspecified atom stereocenters. The molecule has 0 saturated carbocycles. The van der Waals surface area contributed by atoms with Gasteiger partial charge in [0.25, 0.3) is 0 Å². The first-order chi connectivity index (χ1) is 11.2. The number of fused-ring (bicyclic) bond motifs is 1. The molecule has 3 rings (SSSR count). The van der Waals surface area contributed by atoms with Gasteiger partial charge in [0, 0.05) is 38.6 Å². The number of aromatic nitrogens is 3. The molecule has 2 atom stereocenters. The monoisotopic (exact) mass is 317 g/mol. The molecule has 0 bridgehead atoms. The number of hydrogen-bond acceptors (Lipinski definition) is 7. The first-order valence-electron chi connectivity index (χ1n) is 7.88. The Bertz CT molecular complexity index is 666. The second kappa shape index (κ2) is 7.06. The van der Waals surface area contributed by atoms with E-state index < -0.39 is 0 Å². The highest BCUT2D eigenvalue weighted by Crippen LogP contribution is 2.24. The second-order valence-corrected chi connectivity index (χ2v) is 6.03. The van der Waals surface area contributed by atoms with Gasteiger partial charge in [-0.25, -0.2) is 15.0 Å². The number of methoxy groups -OCH3 is 1. The Kier molecular flexibility index (Phi) is 4.88. The predicted octanol–water partition coefficient (Wildman–Crippen LogP) is 1.55. The topological polar surface area (TPSA) is 72.4 Å². The Hall–Kier alpha value is -1.99. The molecule has 1 N–H and O–H groups in total. The van der Waals surface area contributed by atoms with Crippen molar-refractivity contribution in [3.05, 3.63) is 18.5 Å². The van der Waals surface area contributed by atoms with Crippen LogP contribution in [0.5, 0.6) is 5.88 Å². The number of likely N-dealkylation sites (tertiary alicyclic amines) is 1. The Morgan fingerprint density at radius 3 is 3.04 bits per heavy atom. The van der Waals surface area contributed by atoms with Crippen LogP contribution >= 0.6 is 0 Å². The zero-order valence-electron chi connectivity index (χ0n) is 13.8. The minimum atomic E-state index is 0.143. The lowest BCUT2D eigenvalue weighted by Crippen LogP contribution is -2.22. The maximum absolute atomic E-state index is 6.05. The average Bonchev–Trinajstić information content (AvgIpc) is 2.93. The Balaban J connectivity index is 1.78. The number of rotatable bonds is 6. The number of anilines is 1. The van der Waals surface area contributed by atoms with Gasteiger partial charge in [-0.05, 0) is 26.5 Å². The molecule has 1 saturated heterocycles. The summed E-state index contributed by atoms with van der Waals surface area (Å²) in [4.78, 5) is 15.5. The molecule has 1 aliphatic heterocycles. The summed E-state index contributed by atoms with van der Waals surface area (Å²) in [7, 11) is 3.78. The van der Waals surface area contributed by atoms with E-state index >= 15 is 0 Å². The lowest BCUT2D eigenvalue weighted by Gasteiger charge is -2.15. The number of pyridine rings is 1. The first-order valence-corrected chi connectivity index (χ1v) is 7.88. The van der Waals surface area contributed by atoms with E-state index in [-0.39, 0.29) is 12.1 Å². The van der Waals surface area contributed by atoms with Crippen molar-refractivity contribution in [3.8, 4) is 5.88 Å². The van der Waals surface area contributed by atoms with Crippen LogP contribution in [0.1, 0.15) is 13.3 Å². The molecule has 0 radical (unpaired) electrons. The van der Waals surface area contributed by atoms with E-state index in [1.165, 1.54) is 0 Å². The molecule has 7 nitrogen and oxygen atoms in total. The minimum absolute atomic E-state index is 0.143. The number of nitrogens with zero attached hydrogens (tertiary/aromatic N) is 4. The van der Waals surface area contributed by atoms with Crippen LogP contribution in [0.2, 0.25) is 0 Å². The molecule has 0 amide bonds. The number of hydrogen-bond donors (Lipinski definition) is 1. The Labute approximate surface area is 136 Å².